The number of hydrogen-bond acceptors (Lipinski definition) is 6. The molecule has 0 N–H and O–H groups in total. The van der Waals surface area contributed by atoms with Crippen LogP contribution in [-0.4, -0.2) is 28.6 Å². The highest BCUT2D eigenvalue weighted by atomic mass is 35.5. The number of thioether (sulfide) groups is 1. The molecule has 0 bridgehead atoms. The Labute approximate surface area is 204 Å². The molecule has 0 unspecified atom stereocenters. The molecule has 1 aromatic heterocycles. The van der Waals surface area contributed by atoms with E-state index in [0.29, 0.717) is 22.1 Å². The fraction of sp³-hybridized carbons (Fsp3) is 0.125. The van der Waals surface area contributed by atoms with Gasteiger partial charge < -0.3 is 9.15 Å². The van der Waals surface area contributed by atoms with Gasteiger partial charge in [0.15, 0.2) is 0 Å². The van der Waals surface area contributed by atoms with Gasteiger partial charge in [-0.1, -0.05) is 35.3 Å². The molecule has 2 amide bonds. The van der Waals surface area contributed by atoms with Crippen LogP contribution >= 0.6 is 35.0 Å². The largest absolute Gasteiger partial charge is 0.462 e. The van der Waals surface area contributed by atoms with Crippen LogP contribution in [0.15, 0.2) is 63.9 Å². The summed E-state index contributed by atoms with van der Waals surface area (Å²) in [6.07, 6.45) is 1.53. The van der Waals surface area contributed by atoms with Crippen molar-refractivity contribution in [3.05, 3.63) is 86.4 Å². The van der Waals surface area contributed by atoms with Gasteiger partial charge in [0.1, 0.15) is 11.5 Å². The maximum absolute atomic E-state index is 12.8. The average Bonchev–Trinajstić information content (AvgIpc) is 3.36. The van der Waals surface area contributed by atoms with E-state index in [1.54, 1.807) is 61.5 Å². The molecule has 1 fully saturated rings. The molecule has 1 saturated heterocycles. The Morgan fingerprint density at radius 1 is 1.09 bits per heavy atom. The molecule has 3 aromatic rings. The van der Waals surface area contributed by atoms with Crippen molar-refractivity contribution < 1.29 is 23.5 Å². The quantitative estimate of drug-likeness (QED) is 0.277. The summed E-state index contributed by atoms with van der Waals surface area (Å²) in [5, 5.41) is 0.500. The van der Waals surface area contributed by atoms with Gasteiger partial charge in [-0.2, -0.15) is 0 Å². The number of hydrogen-bond donors (Lipinski definition) is 0. The van der Waals surface area contributed by atoms with Gasteiger partial charge in [-0.15, -0.1) is 0 Å². The number of halogens is 2. The van der Waals surface area contributed by atoms with E-state index in [-0.39, 0.29) is 33.9 Å². The van der Waals surface area contributed by atoms with Crippen molar-refractivity contribution in [3.63, 3.8) is 0 Å². The number of carbonyl (C=O) groups excluding carboxylic acids is 3. The Morgan fingerprint density at radius 3 is 2.58 bits per heavy atom. The molecule has 0 saturated carbocycles. The first kappa shape index (κ1) is 23.2. The minimum absolute atomic E-state index is 0.157. The van der Waals surface area contributed by atoms with Crippen LogP contribution in [0.1, 0.15) is 28.6 Å². The second-order valence-corrected chi connectivity index (χ2v) is 8.85. The standard InChI is InChI=1S/C24H17Cl2NO5S/c1-2-31-23(29)18-11-15(5-9-19(18)26)20-10-8-17(32-20)12-21-22(28)27(24(30)33-21)13-14-3-6-16(25)7-4-14/h3-12H,2,13H2,1H3/b21-12-. The summed E-state index contributed by atoms with van der Waals surface area (Å²) >= 11 is 12.9. The highest BCUT2D eigenvalue weighted by molar-refractivity contribution is 8.18. The number of carbonyl (C=O) groups is 3. The first-order valence-electron chi connectivity index (χ1n) is 9.92. The van der Waals surface area contributed by atoms with Crippen molar-refractivity contribution >= 4 is 58.2 Å². The van der Waals surface area contributed by atoms with Crippen molar-refractivity contribution in [2.75, 3.05) is 6.61 Å². The number of rotatable bonds is 6. The van der Waals surface area contributed by atoms with Crippen LogP contribution in [0.2, 0.25) is 10.0 Å². The Morgan fingerprint density at radius 2 is 1.85 bits per heavy atom. The van der Waals surface area contributed by atoms with Crippen LogP contribution in [0.3, 0.4) is 0 Å². The Kier molecular flexibility index (Phi) is 6.93. The summed E-state index contributed by atoms with van der Waals surface area (Å²) in [6.45, 7) is 2.10. The fourth-order valence-electron chi connectivity index (χ4n) is 3.17. The Bertz CT molecular complexity index is 1270. The summed E-state index contributed by atoms with van der Waals surface area (Å²) in [7, 11) is 0. The van der Waals surface area contributed by atoms with Crippen LogP contribution in [0.4, 0.5) is 4.79 Å². The van der Waals surface area contributed by atoms with E-state index in [2.05, 4.69) is 0 Å². The molecule has 2 aromatic carbocycles. The first-order valence-corrected chi connectivity index (χ1v) is 11.5. The number of amides is 2. The minimum atomic E-state index is -0.523. The minimum Gasteiger partial charge on any atom is -0.462 e. The van der Waals surface area contributed by atoms with E-state index in [4.69, 9.17) is 32.4 Å². The maximum Gasteiger partial charge on any atom is 0.339 e. The fourth-order valence-corrected chi connectivity index (χ4v) is 4.31. The lowest BCUT2D eigenvalue weighted by atomic mass is 10.1. The third-order valence-electron chi connectivity index (χ3n) is 4.77. The molecule has 1 aliphatic heterocycles. The third-order valence-corrected chi connectivity index (χ3v) is 6.26. The zero-order valence-electron chi connectivity index (χ0n) is 17.3. The van der Waals surface area contributed by atoms with Gasteiger partial charge in [-0.05, 0) is 66.7 Å². The molecule has 9 heteroatoms. The average molecular weight is 502 g/mol. The SMILES string of the molecule is CCOC(=O)c1cc(-c2ccc(/C=C3\SC(=O)N(Cc4ccc(Cl)cc4)C3=O)o2)ccc1Cl. The highest BCUT2D eigenvalue weighted by Gasteiger charge is 2.35. The number of ether oxygens (including phenoxy) is 1. The zero-order chi connectivity index (χ0) is 23.5. The van der Waals surface area contributed by atoms with Gasteiger partial charge in [0.2, 0.25) is 0 Å². The normalized spacial score (nSPS) is 14.9. The van der Waals surface area contributed by atoms with E-state index < -0.39 is 11.9 Å². The second kappa shape index (κ2) is 9.87. The van der Waals surface area contributed by atoms with Gasteiger partial charge in [-0.25, -0.2) is 4.79 Å². The van der Waals surface area contributed by atoms with Gasteiger partial charge in [0.05, 0.1) is 28.6 Å². The van der Waals surface area contributed by atoms with E-state index in [1.165, 1.54) is 11.0 Å². The molecule has 4 rings (SSSR count). The monoisotopic (exact) mass is 501 g/mol. The van der Waals surface area contributed by atoms with Gasteiger partial charge in [-0.3, -0.25) is 14.5 Å². The molecule has 0 atom stereocenters. The highest BCUT2D eigenvalue weighted by Crippen LogP contribution is 2.35. The third kappa shape index (κ3) is 5.16. The van der Waals surface area contributed by atoms with E-state index >= 15 is 0 Å². The number of esters is 1. The molecule has 33 heavy (non-hydrogen) atoms. The van der Waals surface area contributed by atoms with Gasteiger partial charge >= 0.3 is 5.97 Å². The van der Waals surface area contributed by atoms with Crippen molar-refractivity contribution in [2.24, 2.45) is 0 Å². The Balaban J connectivity index is 1.53. The van der Waals surface area contributed by atoms with Crippen LogP contribution in [-0.2, 0) is 16.1 Å². The van der Waals surface area contributed by atoms with Gasteiger partial charge in [0.25, 0.3) is 11.1 Å². The zero-order valence-corrected chi connectivity index (χ0v) is 19.7. The summed E-state index contributed by atoms with van der Waals surface area (Å²) in [5.74, 6) is -0.0435. The van der Waals surface area contributed by atoms with E-state index in [9.17, 15) is 14.4 Å². The van der Waals surface area contributed by atoms with Crippen molar-refractivity contribution in [1.82, 2.24) is 4.90 Å². The summed E-state index contributed by atoms with van der Waals surface area (Å²) < 4.78 is 10.9. The molecule has 2 heterocycles. The van der Waals surface area contributed by atoms with Crippen LogP contribution in [0, 0.1) is 0 Å². The maximum atomic E-state index is 12.8. The molecular weight excluding hydrogens is 485 g/mol. The lowest BCUT2D eigenvalue weighted by molar-refractivity contribution is -0.123. The van der Waals surface area contributed by atoms with Crippen molar-refractivity contribution in [2.45, 2.75) is 13.5 Å². The number of imide groups is 1. The first-order chi connectivity index (χ1) is 15.9. The molecule has 1 aliphatic rings. The lowest BCUT2D eigenvalue weighted by Gasteiger charge is -2.12. The summed E-state index contributed by atoms with van der Waals surface area (Å²) in [5.41, 5.74) is 1.65. The van der Waals surface area contributed by atoms with Crippen LogP contribution in [0.5, 0.6) is 0 Å². The van der Waals surface area contributed by atoms with Crippen molar-refractivity contribution in [3.8, 4) is 11.3 Å². The predicted octanol–water partition coefficient (Wildman–Crippen LogP) is 6.67. The lowest BCUT2D eigenvalue weighted by Crippen LogP contribution is -2.27. The second-order valence-electron chi connectivity index (χ2n) is 7.01. The summed E-state index contributed by atoms with van der Waals surface area (Å²) in [6, 6.07) is 15.2. The van der Waals surface area contributed by atoms with Gasteiger partial charge in [0, 0.05) is 16.7 Å². The summed E-state index contributed by atoms with van der Waals surface area (Å²) in [4.78, 5) is 38.7. The number of benzene rings is 2. The molecule has 6 nitrogen and oxygen atoms in total. The number of furan rings is 1. The predicted molar refractivity (Wildman–Crippen MR) is 128 cm³/mol. The molecule has 168 valence electrons. The smallest absolute Gasteiger partial charge is 0.339 e. The van der Waals surface area contributed by atoms with Crippen molar-refractivity contribution in [1.29, 1.82) is 0 Å². The molecule has 0 spiro atoms. The van der Waals surface area contributed by atoms with E-state index in [0.717, 1.165) is 17.3 Å². The van der Waals surface area contributed by atoms with Crippen LogP contribution in [0.25, 0.3) is 17.4 Å². The topological polar surface area (TPSA) is 76.8 Å². The molecule has 0 radical (unpaired) electrons. The molecule has 0 aliphatic carbocycles. The van der Waals surface area contributed by atoms with E-state index in [1.807, 2.05) is 0 Å². The molecular formula is C24H17Cl2NO5S. The van der Waals surface area contributed by atoms with Crippen LogP contribution < -0.4 is 0 Å². The number of nitrogens with zero attached hydrogens (tertiary/aromatic N) is 1. The Hall–Kier alpha value is -3.00.